The summed E-state index contributed by atoms with van der Waals surface area (Å²) in [5, 5.41) is 2.08. The Morgan fingerprint density at radius 1 is 1.00 bits per heavy atom. The van der Waals surface area contributed by atoms with E-state index in [0.717, 1.165) is 21.9 Å². The van der Waals surface area contributed by atoms with Crippen LogP contribution in [0.4, 0.5) is 5.69 Å². The Labute approximate surface area is 217 Å². The molecule has 7 heteroatoms. The van der Waals surface area contributed by atoms with Gasteiger partial charge in [-0.3, -0.25) is 9.59 Å². The molecule has 0 aliphatic carbocycles. The first-order chi connectivity index (χ1) is 17.7. The molecule has 7 nitrogen and oxygen atoms in total. The average molecular weight is 504 g/mol. The molecule has 0 aromatic heterocycles. The second-order valence-corrected chi connectivity index (χ2v) is 10.6. The molecule has 0 fully saturated rings. The fraction of sp³-hybridized carbons (Fsp3) is 0.400. The molecule has 2 aliphatic heterocycles. The van der Waals surface area contributed by atoms with Gasteiger partial charge in [0.05, 0.1) is 18.7 Å². The lowest BCUT2D eigenvalue weighted by Gasteiger charge is -2.32. The summed E-state index contributed by atoms with van der Waals surface area (Å²) in [6.07, 6.45) is -1.81. The number of amides is 1. The van der Waals surface area contributed by atoms with Crippen LogP contribution < -0.4 is 14.4 Å². The lowest BCUT2D eigenvalue weighted by Crippen LogP contribution is -2.44. The molecule has 0 saturated heterocycles. The Balaban J connectivity index is 1.73. The van der Waals surface area contributed by atoms with Crippen LogP contribution in [0.3, 0.4) is 0 Å². The summed E-state index contributed by atoms with van der Waals surface area (Å²) < 4.78 is 23.6. The molecule has 5 rings (SSSR count). The maximum atomic E-state index is 14.1. The van der Waals surface area contributed by atoms with Gasteiger partial charge in [-0.25, -0.2) is 0 Å². The number of carbonyl (C=O) groups is 2. The van der Waals surface area contributed by atoms with Crippen LogP contribution in [0.2, 0.25) is 0 Å². The van der Waals surface area contributed by atoms with Gasteiger partial charge in [-0.15, -0.1) is 0 Å². The predicted octanol–water partition coefficient (Wildman–Crippen LogP) is 5.43. The number of hydrogen-bond acceptors (Lipinski definition) is 6. The first kappa shape index (κ1) is 25.1. The maximum Gasteiger partial charge on any atom is 0.308 e. The zero-order chi connectivity index (χ0) is 26.2. The number of anilines is 1. The molecule has 2 atom stereocenters. The van der Waals surface area contributed by atoms with E-state index >= 15 is 0 Å². The van der Waals surface area contributed by atoms with Crippen molar-refractivity contribution >= 4 is 28.3 Å². The Hall–Kier alpha value is -3.58. The number of nitrogens with zero attached hydrogens (tertiary/aromatic N) is 1. The van der Waals surface area contributed by atoms with Crippen molar-refractivity contribution in [1.82, 2.24) is 0 Å². The number of hydrogen-bond donors (Lipinski definition) is 0. The van der Waals surface area contributed by atoms with Crippen molar-refractivity contribution in [3.63, 3.8) is 0 Å². The van der Waals surface area contributed by atoms with Crippen LogP contribution in [0.15, 0.2) is 54.6 Å². The van der Waals surface area contributed by atoms with Gasteiger partial charge < -0.3 is 23.8 Å². The van der Waals surface area contributed by atoms with E-state index in [2.05, 4.69) is 20.8 Å². The zero-order valence-corrected chi connectivity index (χ0v) is 21.8. The first-order valence-corrected chi connectivity index (χ1v) is 12.8. The third-order valence-electron chi connectivity index (χ3n) is 6.50. The van der Waals surface area contributed by atoms with E-state index in [0.29, 0.717) is 36.9 Å². The molecule has 2 aliphatic rings. The van der Waals surface area contributed by atoms with E-state index in [9.17, 15) is 9.59 Å². The van der Waals surface area contributed by atoms with Crippen LogP contribution in [0.25, 0.3) is 10.8 Å². The van der Waals surface area contributed by atoms with Gasteiger partial charge in [0.25, 0.3) is 5.91 Å². The van der Waals surface area contributed by atoms with Crippen LogP contribution >= 0.6 is 0 Å². The number of ether oxygens (including phenoxy) is 4. The predicted molar refractivity (Wildman–Crippen MR) is 141 cm³/mol. The quantitative estimate of drug-likeness (QED) is 0.432. The summed E-state index contributed by atoms with van der Waals surface area (Å²) in [5.74, 6) is 0.469. The lowest BCUT2D eigenvalue weighted by molar-refractivity contribution is -0.151. The molecular weight excluding hydrogens is 470 g/mol. The minimum atomic E-state index is -1.02. The van der Waals surface area contributed by atoms with Crippen LogP contribution in [0, 0.1) is 5.41 Å². The summed E-state index contributed by atoms with van der Waals surface area (Å²) in [7, 11) is 0. The highest BCUT2D eigenvalue weighted by atomic mass is 16.6. The summed E-state index contributed by atoms with van der Waals surface area (Å²) in [5.41, 5.74) is 2.20. The Morgan fingerprint density at radius 2 is 1.70 bits per heavy atom. The molecule has 194 valence electrons. The van der Waals surface area contributed by atoms with E-state index in [1.165, 1.54) is 0 Å². The fourth-order valence-electron chi connectivity index (χ4n) is 4.99. The molecule has 37 heavy (non-hydrogen) atoms. The van der Waals surface area contributed by atoms with Gasteiger partial charge in [0.2, 0.25) is 0 Å². The van der Waals surface area contributed by atoms with Crippen molar-refractivity contribution in [2.75, 3.05) is 31.3 Å². The second-order valence-electron chi connectivity index (χ2n) is 10.6. The summed E-state index contributed by atoms with van der Waals surface area (Å²) >= 11 is 0. The van der Waals surface area contributed by atoms with Gasteiger partial charge in [0.1, 0.15) is 25.4 Å². The Kier molecular flexibility index (Phi) is 6.82. The minimum Gasteiger partial charge on any atom is -0.486 e. The smallest absolute Gasteiger partial charge is 0.308 e. The van der Waals surface area contributed by atoms with E-state index in [1.807, 2.05) is 54.6 Å². The van der Waals surface area contributed by atoms with E-state index < -0.39 is 18.2 Å². The SMILES string of the molecule is CCOC(=O)C[C@H]1O[C@H](c2cccc3ccccc23)c2cc3c(cc2N(CC(C)(C)C)C1=O)OCCO3. The van der Waals surface area contributed by atoms with E-state index in [4.69, 9.17) is 18.9 Å². The second kappa shape index (κ2) is 10.1. The zero-order valence-electron chi connectivity index (χ0n) is 21.8. The molecule has 0 bridgehead atoms. The molecule has 3 aromatic rings. The van der Waals surface area contributed by atoms with Gasteiger partial charge in [0, 0.05) is 18.2 Å². The molecular formula is C30H33NO6. The van der Waals surface area contributed by atoms with Gasteiger partial charge in [0.15, 0.2) is 11.5 Å². The molecule has 0 radical (unpaired) electrons. The Bertz CT molecular complexity index is 1320. The molecule has 2 heterocycles. The van der Waals surface area contributed by atoms with Crippen LogP contribution in [0.1, 0.15) is 51.3 Å². The highest BCUT2D eigenvalue weighted by Gasteiger charge is 2.40. The molecule has 0 spiro atoms. The molecule has 0 unspecified atom stereocenters. The maximum absolute atomic E-state index is 14.1. The molecule has 0 N–H and O–H groups in total. The van der Waals surface area contributed by atoms with Crippen molar-refractivity contribution in [1.29, 1.82) is 0 Å². The van der Waals surface area contributed by atoms with Crippen LogP contribution in [-0.4, -0.2) is 44.3 Å². The van der Waals surface area contributed by atoms with E-state index in [-0.39, 0.29) is 24.3 Å². The highest BCUT2D eigenvalue weighted by molar-refractivity contribution is 6.00. The summed E-state index contributed by atoms with van der Waals surface area (Å²) in [4.78, 5) is 28.4. The fourth-order valence-corrected chi connectivity index (χ4v) is 4.99. The lowest BCUT2D eigenvalue weighted by atomic mass is 9.92. The normalized spacial score (nSPS) is 19.4. The first-order valence-electron chi connectivity index (χ1n) is 12.8. The van der Waals surface area contributed by atoms with Crippen molar-refractivity contribution in [3.05, 3.63) is 65.7 Å². The van der Waals surface area contributed by atoms with Crippen LogP contribution in [-0.2, 0) is 19.1 Å². The molecule has 3 aromatic carbocycles. The number of rotatable bonds is 5. The largest absolute Gasteiger partial charge is 0.486 e. The van der Waals surface area contributed by atoms with Crippen molar-refractivity contribution in [2.24, 2.45) is 5.41 Å². The third-order valence-corrected chi connectivity index (χ3v) is 6.50. The number of benzene rings is 3. The molecule has 1 amide bonds. The topological polar surface area (TPSA) is 74.3 Å². The van der Waals surface area contributed by atoms with Gasteiger partial charge in [-0.1, -0.05) is 63.2 Å². The number of fused-ring (bicyclic) bond motifs is 3. The highest BCUT2D eigenvalue weighted by Crippen LogP contribution is 2.46. The number of carbonyl (C=O) groups excluding carboxylic acids is 2. The minimum absolute atomic E-state index is 0.171. The van der Waals surface area contributed by atoms with Crippen molar-refractivity contribution in [3.8, 4) is 11.5 Å². The Morgan fingerprint density at radius 3 is 2.43 bits per heavy atom. The van der Waals surface area contributed by atoms with E-state index in [1.54, 1.807) is 11.8 Å². The third kappa shape index (κ3) is 5.14. The van der Waals surface area contributed by atoms with Gasteiger partial charge >= 0.3 is 5.97 Å². The summed E-state index contributed by atoms with van der Waals surface area (Å²) in [6.45, 7) is 9.53. The van der Waals surface area contributed by atoms with Gasteiger partial charge in [-0.05, 0) is 34.7 Å². The molecule has 0 saturated carbocycles. The van der Waals surface area contributed by atoms with Crippen LogP contribution in [0.5, 0.6) is 11.5 Å². The van der Waals surface area contributed by atoms with Gasteiger partial charge in [-0.2, -0.15) is 0 Å². The summed E-state index contributed by atoms with van der Waals surface area (Å²) in [6, 6.07) is 17.9. The van der Waals surface area contributed by atoms with Crippen molar-refractivity contribution in [2.45, 2.75) is 46.3 Å². The number of esters is 1. The average Bonchev–Trinajstić information content (AvgIpc) is 2.97. The monoisotopic (exact) mass is 503 g/mol. The van der Waals surface area contributed by atoms with Crippen molar-refractivity contribution < 1.29 is 28.5 Å². The standard InChI is InChI=1S/C30H33NO6/c1-5-34-27(32)17-26-29(33)31(18-30(2,3)4)23-16-25-24(35-13-14-36-25)15-22(23)28(37-26)21-12-8-10-19-9-6-7-11-20(19)21/h6-12,15-16,26,28H,5,13-14,17-18H2,1-4H3/t26-,28-/m1/s1.